The zero-order chi connectivity index (χ0) is 13.3. The topological polar surface area (TPSA) is 20.2 Å². The van der Waals surface area contributed by atoms with E-state index in [2.05, 4.69) is 58.9 Å². The highest BCUT2D eigenvalue weighted by molar-refractivity contribution is 5.28. The summed E-state index contributed by atoms with van der Waals surface area (Å²) in [6.07, 6.45) is 0.717. The molecule has 0 heterocycles. The molecule has 1 aromatic carbocycles. The highest BCUT2D eigenvalue weighted by Gasteiger charge is 2.25. The Kier molecular flexibility index (Phi) is 4.03. The van der Waals surface area contributed by atoms with Gasteiger partial charge < -0.3 is 5.11 Å². The smallest absolute Gasteiger partial charge is 0.0682 e. The second kappa shape index (κ2) is 4.81. The standard InChI is InChI=1S/C16H26O/c1-12(2)16(6,17)11-13-7-9-14(10-8-13)15(3,4)5/h7-10,12,17H,11H2,1-6H3. The molecule has 1 N–H and O–H groups in total. The second-order valence-corrected chi connectivity index (χ2v) is 6.64. The van der Waals surface area contributed by atoms with Crippen LogP contribution < -0.4 is 0 Å². The summed E-state index contributed by atoms with van der Waals surface area (Å²) < 4.78 is 0. The van der Waals surface area contributed by atoms with Gasteiger partial charge in [-0.1, -0.05) is 58.9 Å². The number of rotatable bonds is 3. The molecule has 0 radical (unpaired) electrons. The minimum absolute atomic E-state index is 0.194. The lowest BCUT2D eigenvalue weighted by Gasteiger charge is -2.28. The van der Waals surface area contributed by atoms with Crippen LogP contribution in [0.25, 0.3) is 0 Å². The Labute approximate surface area is 106 Å². The van der Waals surface area contributed by atoms with Crippen molar-refractivity contribution in [3.8, 4) is 0 Å². The lowest BCUT2D eigenvalue weighted by Crippen LogP contribution is -2.33. The van der Waals surface area contributed by atoms with E-state index in [0.29, 0.717) is 0 Å². The monoisotopic (exact) mass is 234 g/mol. The van der Waals surface area contributed by atoms with Gasteiger partial charge in [0.15, 0.2) is 0 Å². The van der Waals surface area contributed by atoms with Gasteiger partial charge in [-0.2, -0.15) is 0 Å². The highest BCUT2D eigenvalue weighted by atomic mass is 16.3. The van der Waals surface area contributed by atoms with E-state index in [-0.39, 0.29) is 11.3 Å². The molecule has 17 heavy (non-hydrogen) atoms. The summed E-state index contributed by atoms with van der Waals surface area (Å²) in [6, 6.07) is 8.62. The third-order valence-corrected chi connectivity index (χ3v) is 3.63. The van der Waals surface area contributed by atoms with Gasteiger partial charge in [0.1, 0.15) is 0 Å². The van der Waals surface area contributed by atoms with Crippen LogP contribution >= 0.6 is 0 Å². The summed E-state index contributed by atoms with van der Waals surface area (Å²) in [5.41, 5.74) is 2.12. The fourth-order valence-electron chi connectivity index (χ4n) is 1.74. The van der Waals surface area contributed by atoms with Crippen molar-refractivity contribution in [3.63, 3.8) is 0 Å². The highest BCUT2D eigenvalue weighted by Crippen LogP contribution is 2.25. The minimum atomic E-state index is -0.622. The summed E-state index contributed by atoms with van der Waals surface area (Å²) in [4.78, 5) is 0. The van der Waals surface area contributed by atoms with Gasteiger partial charge in [-0.25, -0.2) is 0 Å². The second-order valence-electron chi connectivity index (χ2n) is 6.64. The van der Waals surface area contributed by atoms with Gasteiger partial charge in [0, 0.05) is 6.42 Å². The van der Waals surface area contributed by atoms with Crippen molar-refractivity contribution >= 4 is 0 Å². The first-order valence-electron chi connectivity index (χ1n) is 6.45. The molecule has 0 aromatic heterocycles. The molecule has 1 atom stereocenters. The predicted octanol–water partition coefficient (Wildman–Crippen LogP) is 3.93. The average Bonchev–Trinajstić information content (AvgIpc) is 2.16. The number of hydrogen-bond acceptors (Lipinski definition) is 1. The van der Waals surface area contributed by atoms with Gasteiger partial charge in [-0.05, 0) is 29.4 Å². The van der Waals surface area contributed by atoms with E-state index < -0.39 is 5.60 Å². The summed E-state index contributed by atoms with van der Waals surface area (Å²) >= 11 is 0. The Balaban J connectivity index is 2.83. The molecule has 0 aliphatic carbocycles. The molecule has 1 heteroatoms. The van der Waals surface area contributed by atoms with Crippen LogP contribution in [0.4, 0.5) is 0 Å². The summed E-state index contributed by atoms with van der Waals surface area (Å²) in [7, 11) is 0. The Morgan fingerprint density at radius 1 is 1.00 bits per heavy atom. The van der Waals surface area contributed by atoms with E-state index in [9.17, 15) is 5.11 Å². The molecule has 1 rings (SSSR count). The molecule has 0 aliphatic heterocycles. The zero-order valence-corrected chi connectivity index (χ0v) is 12.0. The molecule has 1 unspecified atom stereocenters. The molecule has 1 aromatic rings. The van der Waals surface area contributed by atoms with Crippen molar-refractivity contribution in [2.24, 2.45) is 5.92 Å². The van der Waals surface area contributed by atoms with Crippen LogP contribution in [-0.4, -0.2) is 10.7 Å². The van der Waals surface area contributed by atoms with E-state index in [1.54, 1.807) is 0 Å². The summed E-state index contributed by atoms with van der Waals surface area (Å²) in [5, 5.41) is 10.3. The Morgan fingerprint density at radius 3 is 1.82 bits per heavy atom. The van der Waals surface area contributed by atoms with Crippen LogP contribution in [0.3, 0.4) is 0 Å². The van der Waals surface area contributed by atoms with Crippen molar-refractivity contribution in [3.05, 3.63) is 35.4 Å². The van der Waals surface area contributed by atoms with Gasteiger partial charge >= 0.3 is 0 Å². The molecule has 0 bridgehead atoms. The van der Waals surface area contributed by atoms with Crippen LogP contribution in [0.15, 0.2) is 24.3 Å². The summed E-state index contributed by atoms with van der Waals surface area (Å²) in [5.74, 6) is 0.268. The van der Waals surface area contributed by atoms with Gasteiger partial charge in [0.25, 0.3) is 0 Å². The summed E-state index contributed by atoms with van der Waals surface area (Å²) in [6.45, 7) is 12.7. The van der Waals surface area contributed by atoms with E-state index >= 15 is 0 Å². The molecule has 0 fully saturated rings. The molecule has 0 aliphatic rings. The number of aliphatic hydroxyl groups is 1. The third-order valence-electron chi connectivity index (χ3n) is 3.63. The van der Waals surface area contributed by atoms with E-state index in [1.807, 2.05) is 6.92 Å². The Hall–Kier alpha value is -0.820. The van der Waals surface area contributed by atoms with Crippen LogP contribution in [0.5, 0.6) is 0 Å². The number of benzene rings is 1. The average molecular weight is 234 g/mol. The lowest BCUT2D eigenvalue weighted by molar-refractivity contribution is 0.0139. The van der Waals surface area contributed by atoms with Crippen molar-refractivity contribution in [2.45, 2.75) is 59.0 Å². The largest absolute Gasteiger partial charge is 0.390 e. The minimum Gasteiger partial charge on any atom is -0.390 e. The van der Waals surface area contributed by atoms with Crippen molar-refractivity contribution in [1.82, 2.24) is 0 Å². The van der Waals surface area contributed by atoms with Crippen LogP contribution in [-0.2, 0) is 11.8 Å². The molecular weight excluding hydrogens is 208 g/mol. The van der Waals surface area contributed by atoms with Crippen LogP contribution in [0.1, 0.15) is 52.7 Å². The Morgan fingerprint density at radius 2 is 1.47 bits per heavy atom. The van der Waals surface area contributed by atoms with Gasteiger partial charge in [0.05, 0.1) is 5.60 Å². The zero-order valence-electron chi connectivity index (χ0n) is 12.0. The molecule has 96 valence electrons. The maximum Gasteiger partial charge on any atom is 0.0682 e. The molecule has 0 spiro atoms. The van der Waals surface area contributed by atoms with Gasteiger partial charge in [0.2, 0.25) is 0 Å². The van der Waals surface area contributed by atoms with Crippen LogP contribution in [0, 0.1) is 5.92 Å². The SMILES string of the molecule is CC(C)C(C)(O)Cc1ccc(C(C)(C)C)cc1. The molecule has 0 amide bonds. The fraction of sp³-hybridized carbons (Fsp3) is 0.625. The van der Waals surface area contributed by atoms with Crippen molar-refractivity contribution < 1.29 is 5.11 Å². The third kappa shape index (κ3) is 3.85. The quantitative estimate of drug-likeness (QED) is 0.840. The first-order chi connectivity index (χ1) is 7.63. The van der Waals surface area contributed by atoms with E-state index in [4.69, 9.17) is 0 Å². The lowest BCUT2D eigenvalue weighted by atomic mass is 9.83. The first-order valence-corrected chi connectivity index (χ1v) is 6.45. The van der Waals surface area contributed by atoms with Crippen molar-refractivity contribution in [2.75, 3.05) is 0 Å². The van der Waals surface area contributed by atoms with Gasteiger partial charge in [-0.3, -0.25) is 0 Å². The molecular formula is C16H26O. The maximum atomic E-state index is 10.3. The normalized spacial score (nSPS) is 16.0. The van der Waals surface area contributed by atoms with Crippen molar-refractivity contribution in [1.29, 1.82) is 0 Å². The van der Waals surface area contributed by atoms with E-state index in [0.717, 1.165) is 6.42 Å². The Bertz CT molecular complexity index is 352. The molecule has 0 saturated heterocycles. The van der Waals surface area contributed by atoms with Gasteiger partial charge in [-0.15, -0.1) is 0 Å². The van der Waals surface area contributed by atoms with E-state index in [1.165, 1.54) is 11.1 Å². The first kappa shape index (κ1) is 14.2. The molecule has 1 nitrogen and oxygen atoms in total. The van der Waals surface area contributed by atoms with Crippen LogP contribution in [0.2, 0.25) is 0 Å². The number of hydrogen-bond donors (Lipinski definition) is 1. The maximum absolute atomic E-state index is 10.3. The molecule has 0 saturated carbocycles. The predicted molar refractivity (Wildman–Crippen MR) is 74.3 cm³/mol. The fourth-order valence-corrected chi connectivity index (χ4v) is 1.74.